The summed E-state index contributed by atoms with van der Waals surface area (Å²) in [5.74, 6) is 1.52. The molecule has 0 radical (unpaired) electrons. The summed E-state index contributed by atoms with van der Waals surface area (Å²) >= 11 is 0. The van der Waals surface area contributed by atoms with E-state index in [0.29, 0.717) is 41.7 Å². The highest BCUT2D eigenvalue weighted by molar-refractivity contribution is 5.91. The van der Waals surface area contributed by atoms with Crippen LogP contribution in [0.5, 0.6) is 5.75 Å². The number of hydrogen-bond acceptors (Lipinski definition) is 6. The molecule has 2 aromatic rings. The average molecular weight is 346 g/mol. The quantitative estimate of drug-likeness (QED) is 0.834. The molecule has 1 aromatic carbocycles. The van der Waals surface area contributed by atoms with Crippen LogP contribution in [0.2, 0.25) is 0 Å². The Hall–Kier alpha value is -2.61. The van der Waals surface area contributed by atoms with Crippen molar-refractivity contribution in [3.8, 4) is 17.2 Å². The van der Waals surface area contributed by atoms with Gasteiger partial charge in [0.1, 0.15) is 5.75 Å². The van der Waals surface area contributed by atoms with Crippen molar-refractivity contribution in [3.05, 3.63) is 24.1 Å². The molecule has 1 aliphatic rings. The van der Waals surface area contributed by atoms with Crippen molar-refractivity contribution in [1.29, 1.82) is 0 Å². The molecule has 1 fully saturated rings. The molecule has 1 aliphatic heterocycles. The Balaban J connectivity index is 1.69. The predicted octanol–water partition coefficient (Wildman–Crippen LogP) is 2.61. The molecule has 0 spiro atoms. The van der Waals surface area contributed by atoms with E-state index in [1.165, 1.54) is 0 Å². The lowest BCUT2D eigenvalue weighted by molar-refractivity contribution is 0.112. The average Bonchev–Trinajstić information content (AvgIpc) is 3.31. The van der Waals surface area contributed by atoms with Crippen LogP contribution in [0, 0.1) is 0 Å². The van der Waals surface area contributed by atoms with E-state index in [0.717, 1.165) is 19.4 Å². The summed E-state index contributed by atoms with van der Waals surface area (Å²) in [7, 11) is 1.55. The number of ether oxygens (including phenoxy) is 2. The topological polar surface area (TPSA) is 98.5 Å². The van der Waals surface area contributed by atoms with Crippen molar-refractivity contribution in [1.82, 2.24) is 15.5 Å². The number of anilines is 1. The number of aryl methyl sites for hydroxylation is 1. The lowest BCUT2D eigenvalue weighted by Crippen LogP contribution is -2.35. The highest BCUT2D eigenvalue weighted by Gasteiger charge is 2.17. The number of benzene rings is 1. The van der Waals surface area contributed by atoms with Crippen LogP contribution < -0.4 is 15.4 Å². The van der Waals surface area contributed by atoms with Gasteiger partial charge in [0, 0.05) is 25.1 Å². The van der Waals surface area contributed by atoms with Gasteiger partial charge in [-0.3, -0.25) is 0 Å². The molecular formula is C17H22N4O4. The largest absolute Gasteiger partial charge is 0.495 e. The lowest BCUT2D eigenvalue weighted by atomic mass is 10.2. The summed E-state index contributed by atoms with van der Waals surface area (Å²) in [5, 5.41) is 13.6. The smallest absolute Gasteiger partial charge is 0.319 e. The molecule has 3 rings (SSSR count). The number of nitrogens with one attached hydrogen (secondary N) is 2. The molecule has 0 saturated carbocycles. The van der Waals surface area contributed by atoms with E-state index in [1.807, 2.05) is 6.92 Å². The summed E-state index contributed by atoms with van der Waals surface area (Å²) in [5.41, 5.74) is 1.24. The van der Waals surface area contributed by atoms with Crippen molar-refractivity contribution in [2.45, 2.75) is 32.3 Å². The highest BCUT2D eigenvalue weighted by atomic mass is 16.5. The zero-order chi connectivity index (χ0) is 17.6. The van der Waals surface area contributed by atoms with E-state index in [1.54, 1.807) is 25.3 Å². The van der Waals surface area contributed by atoms with Crippen LogP contribution in [0.25, 0.3) is 11.5 Å². The van der Waals surface area contributed by atoms with E-state index in [9.17, 15) is 4.79 Å². The van der Waals surface area contributed by atoms with Gasteiger partial charge in [0.15, 0.2) is 0 Å². The van der Waals surface area contributed by atoms with Gasteiger partial charge in [0.2, 0.25) is 11.8 Å². The van der Waals surface area contributed by atoms with Crippen LogP contribution in [-0.4, -0.2) is 42.6 Å². The fourth-order valence-electron chi connectivity index (χ4n) is 2.63. The molecule has 134 valence electrons. The third-order valence-electron chi connectivity index (χ3n) is 3.98. The minimum Gasteiger partial charge on any atom is -0.495 e. The van der Waals surface area contributed by atoms with Crippen molar-refractivity contribution >= 4 is 11.7 Å². The molecular weight excluding hydrogens is 324 g/mol. The van der Waals surface area contributed by atoms with Crippen LogP contribution in [-0.2, 0) is 11.2 Å². The molecule has 1 atom stereocenters. The Kier molecular flexibility index (Phi) is 5.49. The third kappa shape index (κ3) is 4.27. The normalized spacial score (nSPS) is 16.6. The van der Waals surface area contributed by atoms with E-state index in [4.69, 9.17) is 13.9 Å². The van der Waals surface area contributed by atoms with E-state index >= 15 is 0 Å². The number of nitrogens with zero attached hydrogens (tertiary/aromatic N) is 2. The van der Waals surface area contributed by atoms with E-state index < -0.39 is 0 Å². The minimum atomic E-state index is -0.314. The lowest BCUT2D eigenvalue weighted by Gasteiger charge is -2.14. The Morgan fingerprint density at radius 1 is 1.40 bits per heavy atom. The number of methoxy groups -OCH3 is 1. The van der Waals surface area contributed by atoms with Crippen molar-refractivity contribution in [2.24, 2.45) is 0 Å². The summed E-state index contributed by atoms with van der Waals surface area (Å²) in [6, 6.07) is 4.99. The zero-order valence-electron chi connectivity index (χ0n) is 14.4. The molecule has 1 saturated heterocycles. The molecule has 2 heterocycles. The van der Waals surface area contributed by atoms with Gasteiger partial charge in [-0.05, 0) is 31.0 Å². The Bertz CT molecular complexity index is 725. The summed E-state index contributed by atoms with van der Waals surface area (Å²) < 4.78 is 16.4. The molecule has 0 bridgehead atoms. The summed E-state index contributed by atoms with van der Waals surface area (Å²) in [6.07, 6.45) is 2.76. The maximum atomic E-state index is 12.2. The third-order valence-corrected chi connectivity index (χ3v) is 3.98. The molecule has 0 unspecified atom stereocenters. The predicted molar refractivity (Wildman–Crippen MR) is 91.7 cm³/mol. The van der Waals surface area contributed by atoms with Gasteiger partial charge in [-0.25, -0.2) is 4.79 Å². The molecule has 8 heteroatoms. The first-order valence-electron chi connectivity index (χ1n) is 8.37. The van der Waals surface area contributed by atoms with Crippen LogP contribution in [0.3, 0.4) is 0 Å². The Morgan fingerprint density at radius 3 is 2.96 bits per heavy atom. The highest BCUT2D eigenvalue weighted by Crippen LogP contribution is 2.30. The second kappa shape index (κ2) is 7.98. The fraction of sp³-hybridized carbons (Fsp3) is 0.471. The van der Waals surface area contributed by atoms with Crippen molar-refractivity contribution in [3.63, 3.8) is 0 Å². The number of carbonyl (C=O) groups excluding carboxylic acids is 1. The van der Waals surface area contributed by atoms with Gasteiger partial charge < -0.3 is 24.5 Å². The fourth-order valence-corrected chi connectivity index (χ4v) is 2.63. The summed E-state index contributed by atoms with van der Waals surface area (Å²) in [4.78, 5) is 12.2. The van der Waals surface area contributed by atoms with E-state index in [-0.39, 0.29) is 12.1 Å². The Labute approximate surface area is 145 Å². The second-order valence-electron chi connectivity index (χ2n) is 5.74. The van der Waals surface area contributed by atoms with Crippen LogP contribution in [0.1, 0.15) is 25.7 Å². The van der Waals surface area contributed by atoms with Gasteiger partial charge in [-0.15, -0.1) is 10.2 Å². The van der Waals surface area contributed by atoms with Crippen molar-refractivity contribution in [2.75, 3.05) is 25.6 Å². The number of amides is 2. The number of rotatable bonds is 6. The molecule has 8 nitrogen and oxygen atoms in total. The maximum Gasteiger partial charge on any atom is 0.319 e. The van der Waals surface area contributed by atoms with Crippen LogP contribution in [0.15, 0.2) is 22.6 Å². The SMILES string of the molecule is CCc1nnc(-c2ccc(OC)c(NC(=O)NC[C@H]3CCCO3)c2)o1. The molecule has 0 aliphatic carbocycles. The first-order chi connectivity index (χ1) is 12.2. The van der Waals surface area contributed by atoms with Crippen LogP contribution in [0.4, 0.5) is 10.5 Å². The van der Waals surface area contributed by atoms with Crippen LogP contribution >= 0.6 is 0 Å². The number of urea groups is 1. The molecule has 2 N–H and O–H groups in total. The standard InChI is InChI=1S/C17H22N4O4/c1-3-15-20-21-16(25-15)11-6-7-14(23-2)13(9-11)19-17(22)18-10-12-5-4-8-24-12/h6-7,9,12H,3-5,8,10H2,1-2H3,(H2,18,19,22)/t12-/m1/s1. The number of carbonyl (C=O) groups is 1. The first-order valence-corrected chi connectivity index (χ1v) is 8.37. The summed E-state index contributed by atoms with van der Waals surface area (Å²) in [6.45, 7) is 3.18. The Morgan fingerprint density at radius 2 is 2.28 bits per heavy atom. The van der Waals surface area contributed by atoms with Crippen molar-refractivity contribution < 1.29 is 18.7 Å². The van der Waals surface area contributed by atoms with Gasteiger partial charge in [-0.1, -0.05) is 6.92 Å². The number of aromatic nitrogens is 2. The van der Waals surface area contributed by atoms with Gasteiger partial charge in [0.25, 0.3) is 0 Å². The minimum absolute atomic E-state index is 0.0878. The van der Waals surface area contributed by atoms with Gasteiger partial charge in [0.05, 0.1) is 18.9 Å². The second-order valence-corrected chi connectivity index (χ2v) is 5.74. The monoisotopic (exact) mass is 346 g/mol. The number of hydrogen-bond donors (Lipinski definition) is 2. The van der Waals surface area contributed by atoms with E-state index in [2.05, 4.69) is 20.8 Å². The maximum absolute atomic E-state index is 12.2. The molecule has 2 amide bonds. The molecule has 25 heavy (non-hydrogen) atoms. The zero-order valence-corrected chi connectivity index (χ0v) is 14.4. The first kappa shape index (κ1) is 17.2. The van der Waals surface area contributed by atoms with Gasteiger partial charge in [-0.2, -0.15) is 0 Å². The molecule has 1 aromatic heterocycles. The van der Waals surface area contributed by atoms with Gasteiger partial charge >= 0.3 is 6.03 Å².